The number of fused-ring (bicyclic) bond motifs is 1. The summed E-state index contributed by atoms with van der Waals surface area (Å²) in [5.74, 6) is 12.3. The van der Waals surface area contributed by atoms with Crippen LogP contribution in [0, 0.1) is 23.7 Å². The number of hydrogen-bond acceptors (Lipinski definition) is 8. The van der Waals surface area contributed by atoms with E-state index in [1.54, 1.807) is 42.0 Å². The molecule has 0 radical (unpaired) electrons. The Morgan fingerprint density at radius 1 is 1.15 bits per heavy atom. The number of benzene rings is 1. The van der Waals surface area contributed by atoms with E-state index in [0.717, 1.165) is 0 Å². The number of rotatable bonds is 3. The van der Waals surface area contributed by atoms with Crippen molar-refractivity contribution < 1.29 is 19.4 Å². The van der Waals surface area contributed by atoms with E-state index < -0.39 is 5.60 Å². The predicted octanol–water partition coefficient (Wildman–Crippen LogP) is 0.983. The van der Waals surface area contributed by atoms with Gasteiger partial charge in [-0.15, -0.1) is 0 Å². The van der Waals surface area contributed by atoms with E-state index in [0.29, 0.717) is 46.9 Å². The largest absolute Gasteiger partial charge is 0.497 e. The molecule has 1 amide bonds. The molecule has 0 unspecified atom stereocenters. The number of amides is 1. The molecule has 4 rings (SSSR count). The number of carbonyl (C=O) groups is 1. The average Bonchev–Trinajstić information content (AvgIpc) is 3.14. The zero-order valence-corrected chi connectivity index (χ0v) is 19.3. The van der Waals surface area contributed by atoms with Gasteiger partial charge in [0.25, 0.3) is 5.91 Å². The molecule has 34 heavy (non-hydrogen) atoms. The Morgan fingerprint density at radius 2 is 1.82 bits per heavy atom. The number of hydrogen-bond donors (Lipinski definition) is 2. The first kappa shape index (κ1) is 22.9. The highest BCUT2D eigenvalue weighted by Gasteiger charge is 2.34. The van der Waals surface area contributed by atoms with Crippen molar-refractivity contribution in [2.75, 3.05) is 33.0 Å². The number of methoxy groups -OCH3 is 2. The summed E-state index contributed by atoms with van der Waals surface area (Å²) in [6.45, 7) is 3.85. The van der Waals surface area contributed by atoms with Crippen molar-refractivity contribution in [3.63, 3.8) is 0 Å². The fourth-order valence-electron chi connectivity index (χ4n) is 3.41. The molecule has 174 valence electrons. The van der Waals surface area contributed by atoms with Gasteiger partial charge < -0.3 is 25.2 Å². The van der Waals surface area contributed by atoms with Gasteiger partial charge in [-0.05, 0) is 37.8 Å². The molecular formula is C24H24N6O4. The molecule has 0 bridgehead atoms. The highest BCUT2D eigenvalue weighted by atomic mass is 16.5. The number of nitrogens with zero attached hydrogens (tertiary/aromatic N) is 5. The van der Waals surface area contributed by atoms with E-state index in [2.05, 4.69) is 38.7 Å². The Kier molecular flexibility index (Phi) is 6.01. The van der Waals surface area contributed by atoms with Gasteiger partial charge in [0, 0.05) is 24.7 Å². The molecule has 3 N–H and O–H groups in total. The van der Waals surface area contributed by atoms with Crippen LogP contribution < -0.4 is 15.2 Å². The molecule has 1 saturated heterocycles. The predicted molar refractivity (Wildman–Crippen MR) is 125 cm³/mol. The second kappa shape index (κ2) is 8.93. The third-order valence-electron chi connectivity index (χ3n) is 5.17. The summed E-state index contributed by atoms with van der Waals surface area (Å²) in [5.41, 5.74) is 6.55. The van der Waals surface area contributed by atoms with Crippen LogP contribution in [0.1, 0.15) is 31.1 Å². The van der Waals surface area contributed by atoms with Crippen molar-refractivity contribution in [2.45, 2.75) is 25.5 Å². The highest BCUT2D eigenvalue weighted by molar-refractivity contribution is 5.94. The Morgan fingerprint density at radius 3 is 2.44 bits per heavy atom. The van der Waals surface area contributed by atoms with Crippen LogP contribution in [-0.4, -0.2) is 68.6 Å². The molecule has 3 aromatic rings. The van der Waals surface area contributed by atoms with E-state index in [9.17, 15) is 9.90 Å². The molecule has 1 aliphatic rings. The fraction of sp³-hybridized carbons (Fsp3) is 0.333. The van der Waals surface area contributed by atoms with Crippen LogP contribution in [0.5, 0.6) is 11.5 Å². The molecule has 3 heterocycles. The molecule has 0 saturated carbocycles. The normalized spacial score (nSPS) is 13.4. The number of anilines is 1. The quantitative estimate of drug-likeness (QED) is 0.554. The Bertz CT molecular complexity index is 1360. The lowest BCUT2D eigenvalue weighted by atomic mass is 10.1. The van der Waals surface area contributed by atoms with Crippen molar-refractivity contribution in [1.29, 1.82) is 0 Å². The van der Waals surface area contributed by atoms with Crippen molar-refractivity contribution in [2.24, 2.45) is 0 Å². The van der Waals surface area contributed by atoms with Gasteiger partial charge in [0.2, 0.25) is 0 Å². The lowest BCUT2D eigenvalue weighted by Crippen LogP contribution is -2.50. The van der Waals surface area contributed by atoms with E-state index in [-0.39, 0.29) is 17.8 Å². The van der Waals surface area contributed by atoms with E-state index in [4.69, 9.17) is 15.2 Å². The minimum atomic E-state index is -1.23. The molecule has 0 aliphatic carbocycles. The Hall–Kier alpha value is -4.28. The number of aromatic nitrogens is 4. The minimum Gasteiger partial charge on any atom is -0.497 e. The standard InChI is InChI=1S/C24H24N6O4/c1-24(2,32)8-7-20(31)29-12-16(13-29)30-23-21(22(25)26-14-27-23)19(28-30)6-5-15-9-17(33-3)11-18(10-15)34-4/h9-11,14,16,32H,12-13H2,1-4H3,(H2,25,26,27). The fourth-order valence-corrected chi connectivity index (χ4v) is 3.41. The third kappa shape index (κ3) is 4.72. The van der Waals surface area contributed by atoms with Crippen LogP contribution in [0.2, 0.25) is 0 Å². The van der Waals surface area contributed by atoms with Gasteiger partial charge in [0.1, 0.15) is 34.9 Å². The molecular weight excluding hydrogens is 436 g/mol. The summed E-state index contributed by atoms with van der Waals surface area (Å²) in [5, 5.41) is 14.9. The summed E-state index contributed by atoms with van der Waals surface area (Å²) >= 11 is 0. The number of likely N-dealkylation sites (tertiary alicyclic amines) is 1. The van der Waals surface area contributed by atoms with Crippen molar-refractivity contribution in [3.8, 4) is 35.2 Å². The van der Waals surface area contributed by atoms with Gasteiger partial charge in [0.05, 0.1) is 25.6 Å². The van der Waals surface area contributed by atoms with Crippen LogP contribution in [-0.2, 0) is 4.79 Å². The monoisotopic (exact) mass is 460 g/mol. The average molecular weight is 460 g/mol. The maximum atomic E-state index is 12.3. The second-order valence-corrected chi connectivity index (χ2v) is 8.28. The topological polar surface area (TPSA) is 129 Å². The van der Waals surface area contributed by atoms with Crippen LogP contribution in [0.25, 0.3) is 11.0 Å². The zero-order chi connectivity index (χ0) is 24.5. The smallest absolute Gasteiger partial charge is 0.298 e. The van der Waals surface area contributed by atoms with Crippen LogP contribution >= 0.6 is 0 Å². The molecule has 0 spiro atoms. The lowest BCUT2D eigenvalue weighted by Gasteiger charge is -2.37. The molecule has 0 atom stereocenters. The number of carbonyl (C=O) groups excluding carboxylic acids is 1. The zero-order valence-electron chi connectivity index (χ0n) is 19.3. The van der Waals surface area contributed by atoms with Gasteiger partial charge in [-0.1, -0.05) is 11.8 Å². The van der Waals surface area contributed by atoms with Crippen molar-refractivity contribution >= 4 is 22.8 Å². The minimum absolute atomic E-state index is 0.114. The van der Waals surface area contributed by atoms with Gasteiger partial charge in [-0.25, -0.2) is 14.6 Å². The van der Waals surface area contributed by atoms with Crippen molar-refractivity contribution in [3.05, 3.63) is 35.8 Å². The Balaban J connectivity index is 1.63. The van der Waals surface area contributed by atoms with Gasteiger partial charge in [0.15, 0.2) is 5.65 Å². The number of ether oxygens (including phenoxy) is 2. The lowest BCUT2D eigenvalue weighted by molar-refractivity contribution is -0.130. The van der Waals surface area contributed by atoms with Gasteiger partial charge in [-0.2, -0.15) is 5.10 Å². The van der Waals surface area contributed by atoms with E-state index >= 15 is 0 Å². The molecule has 1 aliphatic heterocycles. The first-order valence-electron chi connectivity index (χ1n) is 10.5. The SMILES string of the molecule is COc1cc(C#Cc2nn(C3CN(C(=O)C#CC(C)(C)O)C3)c3ncnc(N)c23)cc(OC)c1. The maximum Gasteiger partial charge on any atom is 0.298 e. The summed E-state index contributed by atoms with van der Waals surface area (Å²) in [7, 11) is 3.14. The highest BCUT2D eigenvalue weighted by Crippen LogP contribution is 2.28. The van der Waals surface area contributed by atoms with E-state index in [1.165, 1.54) is 20.2 Å². The van der Waals surface area contributed by atoms with Crippen LogP contribution in [0.15, 0.2) is 24.5 Å². The first-order valence-corrected chi connectivity index (χ1v) is 10.5. The summed E-state index contributed by atoms with van der Waals surface area (Å²) in [4.78, 5) is 22.3. The molecule has 1 aromatic carbocycles. The van der Waals surface area contributed by atoms with E-state index in [1.807, 2.05) is 0 Å². The summed E-state index contributed by atoms with van der Waals surface area (Å²) in [6.07, 6.45) is 1.37. The summed E-state index contributed by atoms with van der Waals surface area (Å²) < 4.78 is 12.3. The maximum absolute atomic E-state index is 12.3. The first-order chi connectivity index (χ1) is 16.2. The van der Waals surface area contributed by atoms with Crippen molar-refractivity contribution in [1.82, 2.24) is 24.6 Å². The van der Waals surface area contributed by atoms with Gasteiger partial charge >= 0.3 is 0 Å². The van der Waals surface area contributed by atoms with Gasteiger partial charge in [-0.3, -0.25) is 4.79 Å². The molecule has 2 aromatic heterocycles. The number of nitrogen functional groups attached to an aromatic ring is 1. The Labute approximate surface area is 196 Å². The molecule has 10 heteroatoms. The summed E-state index contributed by atoms with van der Waals surface area (Å²) in [6, 6.07) is 5.23. The number of nitrogens with two attached hydrogens (primary N) is 1. The third-order valence-corrected chi connectivity index (χ3v) is 5.17. The van der Waals surface area contributed by atoms with Crippen LogP contribution in [0.4, 0.5) is 5.82 Å². The molecule has 1 fully saturated rings. The van der Waals surface area contributed by atoms with Crippen LogP contribution in [0.3, 0.4) is 0 Å². The molecule has 10 nitrogen and oxygen atoms in total. The second-order valence-electron chi connectivity index (χ2n) is 8.28. The number of aliphatic hydroxyl groups is 1.